The van der Waals surface area contributed by atoms with E-state index in [-0.39, 0.29) is 30.1 Å². The lowest BCUT2D eigenvalue weighted by Crippen LogP contribution is -2.36. The number of alkyl halides is 6. The van der Waals surface area contributed by atoms with E-state index in [1.54, 1.807) is 76.1 Å². The molecule has 0 saturated carbocycles. The largest absolute Gasteiger partial charge is 0.491 e. The number of nitrogens with zero attached hydrogens (tertiary/aromatic N) is 4. The number of nitrogens with two attached hydrogens (primary N) is 1. The summed E-state index contributed by atoms with van der Waals surface area (Å²) in [5.41, 5.74) is 11.8. The van der Waals surface area contributed by atoms with Crippen LogP contribution in [0.2, 0.25) is 0 Å². The topological polar surface area (TPSA) is 190 Å². The second-order valence-electron chi connectivity index (χ2n) is 14.4. The minimum Gasteiger partial charge on any atom is -0.491 e. The summed E-state index contributed by atoms with van der Waals surface area (Å²) in [4.78, 5) is 44.1. The maximum absolute atomic E-state index is 12.4. The van der Waals surface area contributed by atoms with Crippen molar-refractivity contribution in [2.24, 2.45) is 5.73 Å². The normalized spacial score (nSPS) is 11.4. The van der Waals surface area contributed by atoms with Crippen molar-refractivity contribution in [2.45, 2.75) is 65.3 Å². The van der Waals surface area contributed by atoms with Gasteiger partial charge in [-0.1, -0.05) is 12.1 Å². The van der Waals surface area contributed by atoms with Crippen LogP contribution >= 0.6 is 0 Å². The van der Waals surface area contributed by atoms with Gasteiger partial charge in [0.25, 0.3) is 5.91 Å². The number of carbonyl (C=O) groups is 3. The first-order valence-electron chi connectivity index (χ1n) is 19.4. The van der Waals surface area contributed by atoms with Crippen LogP contribution in [0.3, 0.4) is 0 Å². The monoisotopic (exact) mass is 894 g/mol. The fourth-order valence-electron chi connectivity index (χ4n) is 6.12. The van der Waals surface area contributed by atoms with Gasteiger partial charge in [-0.05, 0) is 70.0 Å². The van der Waals surface area contributed by atoms with E-state index in [1.807, 2.05) is 56.3 Å². The maximum Gasteiger partial charge on any atom is 0.405 e. The lowest BCUT2D eigenvalue weighted by atomic mass is 10.1. The van der Waals surface area contributed by atoms with Crippen LogP contribution in [0.4, 0.5) is 47.3 Å². The van der Waals surface area contributed by atoms with E-state index in [9.17, 15) is 40.7 Å². The molecule has 64 heavy (non-hydrogen) atoms. The highest BCUT2D eigenvalue weighted by Crippen LogP contribution is 2.32. The van der Waals surface area contributed by atoms with E-state index in [0.29, 0.717) is 51.9 Å². The number of hydrogen-bond donors (Lipinski definition) is 6. The van der Waals surface area contributed by atoms with Crippen LogP contribution in [0.5, 0.6) is 11.5 Å². The number of anilines is 2. The Bertz CT molecular complexity index is 2650. The summed E-state index contributed by atoms with van der Waals surface area (Å²) in [5.74, 6) is 2.30. The number of carbonyl (C=O) groups excluding carboxylic acids is 3. The molecule has 0 aliphatic carbocycles. The van der Waals surface area contributed by atoms with Crippen LogP contribution in [0.1, 0.15) is 38.8 Å². The summed E-state index contributed by atoms with van der Waals surface area (Å²) in [5, 5.41) is 11.0. The molecule has 2 aromatic carbocycles. The van der Waals surface area contributed by atoms with Gasteiger partial charge in [-0.2, -0.15) is 26.3 Å². The first-order valence-corrected chi connectivity index (χ1v) is 19.4. The molecule has 0 atom stereocenters. The number of rotatable bonds is 13. The molecular formula is C43H44F6N10O5. The number of halogens is 6. The van der Waals surface area contributed by atoms with Gasteiger partial charge in [0, 0.05) is 71.2 Å². The van der Waals surface area contributed by atoms with Gasteiger partial charge < -0.3 is 41.8 Å². The standard InChI is InChI=1S/C23H22F3N5O3.C20H22F3N5O2/c1-4-20(32)27-11-15-6-5-7-31-19(12-28-21(15)31)16-8-17(10-18(9-16)34-14(2)3)30-22(33)29-13-23(24,25)26;1-12(2)30-16-7-14(6-15(8-16)27-19(29)26-11-20(21,22)23)17-10-25-18-13(9-24)4-3-5-28(17)18/h1,5-10,12,14H,11,13H2,2-3H3,(H,27,32)(H2,29,30,33);3-8,10,12H,9,11,24H2,1-2H3,(H2,26,27,29). The molecule has 0 radical (unpaired) electrons. The van der Waals surface area contributed by atoms with Crippen molar-refractivity contribution < 1.29 is 50.2 Å². The smallest absolute Gasteiger partial charge is 0.405 e. The van der Waals surface area contributed by atoms with E-state index in [4.69, 9.17) is 21.6 Å². The average Bonchev–Trinajstić information content (AvgIpc) is 3.86. The Hall–Kier alpha value is -7.47. The Kier molecular flexibility index (Phi) is 15.3. The number of amides is 5. The van der Waals surface area contributed by atoms with E-state index < -0.39 is 43.4 Å². The zero-order valence-electron chi connectivity index (χ0n) is 34.8. The molecule has 0 spiro atoms. The molecule has 7 N–H and O–H groups in total. The molecule has 6 aromatic rings. The third-order valence-corrected chi connectivity index (χ3v) is 8.59. The van der Waals surface area contributed by atoms with E-state index in [0.717, 1.165) is 11.1 Å². The van der Waals surface area contributed by atoms with Crippen molar-refractivity contribution in [3.63, 3.8) is 0 Å². The van der Waals surface area contributed by atoms with Crippen LogP contribution in [-0.4, -0.2) is 74.4 Å². The number of terminal acetylenes is 1. The van der Waals surface area contributed by atoms with Crippen molar-refractivity contribution >= 4 is 40.6 Å². The minimum atomic E-state index is -4.53. The van der Waals surface area contributed by atoms with Gasteiger partial charge in [0.2, 0.25) is 0 Å². The van der Waals surface area contributed by atoms with E-state index >= 15 is 0 Å². The van der Waals surface area contributed by atoms with Gasteiger partial charge in [-0.25, -0.2) is 19.6 Å². The van der Waals surface area contributed by atoms with E-state index in [2.05, 4.69) is 25.9 Å². The fraction of sp³-hybridized carbons (Fsp3) is 0.279. The van der Waals surface area contributed by atoms with Crippen LogP contribution < -0.4 is 41.8 Å². The van der Waals surface area contributed by atoms with Crippen LogP contribution in [0, 0.1) is 12.3 Å². The molecule has 0 aliphatic rings. The molecule has 0 bridgehead atoms. The highest BCUT2D eigenvalue weighted by atomic mass is 19.4. The molecule has 4 aromatic heterocycles. The molecule has 5 amide bonds. The molecule has 338 valence electrons. The molecule has 15 nitrogen and oxygen atoms in total. The number of aromatic nitrogens is 4. The van der Waals surface area contributed by atoms with Crippen molar-refractivity contribution in [1.29, 1.82) is 0 Å². The van der Waals surface area contributed by atoms with Crippen molar-refractivity contribution in [3.8, 4) is 46.4 Å². The molecule has 0 fully saturated rings. The van der Waals surface area contributed by atoms with Gasteiger partial charge in [0.15, 0.2) is 0 Å². The fourth-order valence-corrected chi connectivity index (χ4v) is 6.12. The average molecular weight is 895 g/mol. The first kappa shape index (κ1) is 47.6. The molecule has 4 heterocycles. The van der Waals surface area contributed by atoms with Gasteiger partial charge in [0.1, 0.15) is 35.9 Å². The molecule has 21 heteroatoms. The SMILES string of the molecule is C#CC(=O)NCc1cccn2c(-c3cc(NC(=O)NCC(F)(F)F)cc(OC(C)C)c3)cnc12.CC(C)Oc1cc(NC(=O)NCC(F)(F)F)cc(-c2cnc3c(CN)cccn23)c1. The number of benzene rings is 2. The van der Waals surface area contributed by atoms with Gasteiger partial charge >= 0.3 is 24.4 Å². The Labute approximate surface area is 362 Å². The zero-order chi connectivity index (χ0) is 46.8. The summed E-state index contributed by atoms with van der Waals surface area (Å²) in [6, 6.07) is 15.1. The second-order valence-corrected chi connectivity index (χ2v) is 14.4. The Morgan fingerprint density at radius 3 is 1.55 bits per heavy atom. The highest BCUT2D eigenvalue weighted by Gasteiger charge is 2.29. The Morgan fingerprint density at radius 1 is 0.703 bits per heavy atom. The summed E-state index contributed by atoms with van der Waals surface area (Å²) < 4.78 is 89.4. The van der Waals surface area contributed by atoms with Crippen LogP contribution in [0.25, 0.3) is 33.8 Å². The Balaban J connectivity index is 0.000000243. The quantitative estimate of drug-likeness (QED) is 0.0503. The predicted molar refractivity (Wildman–Crippen MR) is 228 cm³/mol. The number of hydrogen-bond acceptors (Lipinski definition) is 8. The molecule has 6 rings (SSSR count). The van der Waals surface area contributed by atoms with E-state index in [1.165, 1.54) is 6.07 Å². The highest BCUT2D eigenvalue weighted by molar-refractivity contribution is 5.93. The molecular weight excluding hydrogens is 851 g/mol. The summed E-state index contributed by atoms with van der Waals surface area (Å²) >= 11 is 0. The number of pyridine rings is 2. The number of nitrogens with one attached hydrogen (secondary N) is 5. The molecule has 0 saturated heterocycles. The zero-order valence-corrected chi connectivity index (χ0v) is 34.8. The minimum absolute atomic E-state index is 0.141. The third-order valence-electron chi connectivity index (χ3n) is 8.59. The molecule has 0 aliphatic heterocycles. The maximum atomic E-state index is 12.4. The van der Waals surface area contributed by atoms with Gasteiger partial charge in [0.05, 0.1) is 36.0 Å². The van der Waals surface area contributed by atoms with Crippen LogP contribution in [0.15, 0.2) is 85.5 Å². The van der Waals surface area contributed by atoms with Crippen molar-refractivity contribution in [2.75, 3.05) is 23.7 Å². The van der Waals surface area contributed by atoms with Gasteiger partial charge in [-0.15, -0.1) is 6.42 Å². The molecule has 0 unspecified atom stereocenters. The second kappa shape index (κ2) is 20.6. The predicted octanol–water partition coefficient (Wildman–Crippen LogP) is 7.65. The lowest BCUT2D eigenvalue weighted by Gasteiger charge is -2.15. The Morgan fingerprint density at radius 2 is 1.14 bits per heavy atom. The summed E-state index contributed by atoms with van der Waals surface area (Å²) in [7, 11) is 0. The number of fused-ring (bicyclic) bond motifs is 2. The number of urea groups is 2. The first-order chi connectivity index (χ1) is 30.2. The number of imidazole rings is 2. The summed E-state index contributed by atoms with van der Waals surface area (Å²) in [6.07, 6.45) is 2.59. The number of ether oxygens (including phenoxy) is 2. The van der Waals surface area contributed by atoms with Crippen molar-refractivity contribution in [3.05, 3.63) is 96.6 Å². The van der Waals surface area contributed by atoms with Crippen molar-refractivity contribution in [1.82, 2.24) is 34.7 Å². The van der Waals surface area contributed by atoms with Gasteiger partial charge in [-0.3, -0.25) is 13.6 Å². The lowest BCUT2D eigenvalue weighted by molar-refractivity contribution is -0.123. The van der Waals surface area contributed by atoms with Crippen LogP contribution in [-0.2, 0) is 17.9 Å². The third kappa shape index (κ3) is 13.5. The summed E-state index contributed by atoms with van der Waals surface area (Å²) in [6.45, 7) is 4.94.